The van der Waals surface area contributed by atoms with E-state index >= 15 is 0 Å². The second kappa shape index (κ2) is 49.8. The van der Waals surface area contributed by atoms with E-state index in [-0.39, 0.29) is 87.4 Å². The van der Waals surface area contributed by atoms with E-state index in [1.807, 2.05) is 60.6 Å². The van der Waals surface area contributed by atoms with Crippen LogP contribution in [0.3, 0.4) is 0 Å². The Bertz CT molecular complexity index is 2710. The topological polar surface area (TPSA) is 270 Å². The Morgan fingerprint density at radius 1 is 0.543 bits per heavy atom. The van der Waals surface area contributed by atoms with Crippen molar-refractivity contribution in [3.63, 3.8) is 0 Å². The average molecular weight is 1480 g/mol. The number of likely N-dealkylation sites (N-methyl/N-ethyl adjacent to an activating group) is 4. The number of nitrogens with one attached hydrogen (secondary N) is 2. The van der Waals surface area contributed by atoms with Gasteiger partial charge in [-0.2, -0.15) is 0 Å². The Hall–Kier alpha value is -5.13. The first-order chi connectivity index (χ1) is 49.3. The van der Waals surface area contributed by atoms with Gasteiger partial charge in [-0.25, -0.2) is 0 Å². The van der Waals surface area contributed by atoms with Gasteiger partial charge in [0.2, 0.25) is 29.5 Å². The van der Waals surface area contributed by atoms with Gasteiger partial charge in [0.05, 0.1) is 68.1 Å². The highest BCUT2D eigenvalue weighted by atomic mass is 16.5. The number of unbranched alkanes of at least 4 members (excludes halogenated alkanes) is 2. The third-order valence-corrected chi connectivity index (χ3v) is 21.6. The van der Waals surface area contributed by atoms with E-state index in [0.717, 1.165) is 32.0 Å². The minimum atomic E-state index is -1.38. The molecule has 22 heteroatoms. The van der Waals surface area contributed by atoms with Crippen molar-refractivity contribution in [3.05, 3.63) is 12.2 Å². The fourth-order valence-corrected chi connectivity index (χ4v) is 15.0. The number of likely N-dealkylation sites (tertiary alicyclic amines) is 1. The maximum absolute atomic E-state index is 15.0. The number of nitrogens with zero attached hydrogens (tertiary/aromatic N) is 6. The molecule has 105 heavy (non-hydrogen) atoms. The summed E-state index contributed by atoms with van der Waals surface area (Å²) in [5.74, 6) is -10.1. The van der Waals surface area contributed by atoms with Gasteiger partial charge in [0.1, 0.15) is 6.04 Å². The molecule has 22 nitrogen and oxygen atoms in total. The van der Waals surface area contributed by atoms with Gasteiger partial charge in [-0.05, 0) is 160 Å². The molecule has 3 aliphatic heterocycles. The molecule has 3 saturated heterocycles. The number of carbonyl (C=O) groups is 11. The lowest BCUT2D eigenvalue weighted by Crippen LogP contribution is -2.53. The van der Waals surface area contributed by atoms with Crippen LogP contribution in [-0.4, -0.2) is 241 Å². The Kier molecular flexibility index (Phi) is 45.5. The molecule has 0 spiro atoms. The third kappa shape index (κ3) is 34.1. The second-order valence-corrected chi connectivity index (χ2v) is 33.5. The van der Waals surface area contributed by atoms with Gasteiger partial charge in [-0.15, -0.1) is 0 Å². The van der Waals surface area contributed by atoms with Gasteiger partial charge in [0.15, 0.2) is 34.7 Å². The highest BCUT2D eigenvalue weighted by molar-refractivity contribution is 5.99. The number of aliphatic hydroxyl groups excluding tert-OH is 1. The monoisotopic (exact) mass is 1480 g/mol. The van der Waals surface area contributed by atoms with E-state index in [2.05, 4.69) is 34.3 Å². The second-order valence-electron chi connectivity index (χ2n) is 33.5. The minimum Gasteiger partial charge on any atom is -0.392 e. The van der Waals surface area contributed by atoms with Crippen LogP contribution >= 0.6 is 0 Å². The van der Waals surface area contributed by atoms with Crippen molar-refractivity contribution in [2.24, 2.45) is 65.1 Å². The van der Waals surface area contributed by atoms with Crippen LogP contribution in [0.25, 0.3) is 0 Å². The molecule has 3 heterocycles. The molecule has 0 aromatic heterocycles. The van der Waals surface area contributed by atoms with Crippen molar-refractivity contribution in [1.29, 1.82) is 0 Å². The van der Waals surface area contributed by atoms with Crippen LogP contribution in [-0.2, 0) is 62.2 Å². The molecule has 3 aliphatic rings. The number of rotatable bonds is 25. The summed E-state index contributed by atoms with van der Waals surface area (Å²) in [7, 11) is 6.15. The Morgan fingerprint density at radius 3 is 1.65 bits per heavy atom. The molecule has 0 radical (unpaired) electrons. The Labute approximate surface area is 634 Å². The molecule has 5 amide bonds. The van der Waals surface area contributed by atoms with Crippen molar-refractivity contribution < 1.29 is 67.3 Å². The number of hydrogen-bond acceptors (Lipinski definition) is 17. The zero-order valence-corrected chi connectivity index (χ0v) is 69.6. The van der Waals surface area contributed by atoms with Crippen LogP contribution < -0.4 is 10.6 Å². The third-order valence-electron chi connectivity index (χ3n) is 21.6. The summed E-state index contributed by atoms with van der Waals surface area (Å²) in [4.78, 5) is 171. The predicted molar refractivity (Wildman–Crippen MR) is 417 cm³/mol. The zero-order chi connectivity index (χ0) is 79.5. The van der Waals surface area contributed by atoms with Gasteiger partial charge < -0.3 is 44.8 Å². The average Bonchev–Trinajstić information content (AvgIpc) is 0.824. The Morgan fingerprint density at radius 2 is 1.10 bits per heavy atom. The molecule has 3 N–H and O–H groups in total. The van der Waals surface area contributed by atoms with Crippen LogP contribution in [0.1, 0.15) is 247 Å². The van der Waals surface area contributed by atoms with Crippen LogP contribution in [0.15, 0.2) is 12.2 Å². The summed E-state index contributed by atoms with van der Waals surface area (Å²) in [6.07, 6.45) is 10.8. The van der Waals surface area contributed by atoms with E-state index in [0.29, 0.717) is 38.9 Å². The Balaban J connectivity index is 0.00000258. The normalized spacial score (nSPS) is 26.7. The van der Waals surface area contributed by atoms with Gasteiger partial charge in [0.25, 0.3) is 0 Å². The molecular weight excluding hydrogens is 1330 g/mol. The summed E-state index contributed by atoms with van der Waals surface area (Å²) in [6, 6.07) is -6.26. The number of allylic oxidation sites excluding steroid dienone is 2. The maximum Gasteiger partial charge on any atom is 0.226 e. The standard InChI is InChI=1S/C71H123N7O14.C12H25N/c1-21-23-26-48(13)67(86)54-41-61(82)65(47(11)12)77(20)70(89)52(35-43(3)4)39-60(81)56(36-44(5)6)74(17)42-63(84)50(15)72-68(87)49(14)38-59(80)57(37-45(7)8)75(18)71(90)53(46(9)10)40-62(83)66(51(16)92-32-25-24-29-78-30-33-91-34-31-78)76(19)64(85)28-27-58(79)55(22-2)73-69(54)88;1-12(2)8-4-7-11-13-9-5-3-6-10-13/h21,23,43-57,65-67,86H,22,24-42H2,1-20H3,(H,72,87)(H,73,88);12H,3-11H2,1-2H3/b23-21+;/t48-,49-,50-,51-,52-,53+,54+,55+,56+,57+,65+,66+,67-;/m1./s1. The van der Waals surface area contributed by atoms with Crippen molar-refractivity contribution in [1.82, 2.24) is 40.0 Å². The number of Topliss-reactive ketones (excluding diaryl/α,β-unsaturated/α-hetero) is 6. The quantitative estimate of drug-likeness (QED) is 0.0566. The number of aliphatic hydroxyl groups is 1. The number of piperidine rings is 1. The first-order valence-electron chi connectivity index (χ1n) is 40.5. The lowest BCUT2D eigenvalue weighted by Gasteiger charge is -2.36. The molecule has 3 rings (SSSR count). The van der Waals surface area contributed by atoms with Crippen molar-refractivity contribution >= 4 is 64.2 Å². The number of ether oxygens (including phenoxy) is 2. The van der Waals surface area contributed by atoms with Gasteiger partial charge in [-0.1, -0.05) is 135 Å². The van der Waals surface area contributed by atoms with Crippen LogP contribution in [0.5, 0.6) is 0 Å². The smallest absolute Gasteiger partial charge is 0.226 e. The molecule has 604 valence electrons. The van der Waals surface area contributed by atoms with Crippen LogP contribution in [0.2, 0.25) is 0 Å². The lowest BCUT2D eigenvalue weighted by atomic mass is 9.82. The van der Waals surface area contributed by atoms with E-state index in [1.54, 1.807) is 74.3 Å². The molecule has 13 atom stereocenters. The van der Waals surface area contributed by atoms with E-state index < -0.39 is 149 Å². The largest absolute Gasteiger partial charge is 0.392 e. The number of morpholine rings is 1. The lowest BCUT2D eigenvalue weighted by molar-refractivity contribution is -0.148. The molecule has 0 saturated carbocycles. The minimum absolute atomic E-state index is 0.00840. The number of amides is 5. The highest BCUT2D eigenvalue weighted by Gasteiger charge is 2.43. The van der Waals surface area contributed by atoms with Crippen LogP contribution in [0.4, 0.5) is 0 Å². The fraction of sp³-hybridized carbons (Fsp3) is 0.843. The number of carbonyl (C=O) groups excluding carboxylic acids is 11. The van der Waals surface area contributed by atoms with E-state index in [9.17, 15) is 57.8 Å². The molecule has 0 unspecified atom stereocenters. The molecule has 3 fully saturated rings. The molecular formula is C83H148N8O14. The van der Waals surface area contributed by atoms with Gasteiger partial charge >= 0.3 is 0 Å². The summed E-state index contributed by atoms with van der Waals surface area (Å²) in [6.45, 7) is 41.4. The summed E-state index contributed by atoms with van der Waals surface area (Å²) < 4.78 is 11.8. The van der Waals surface area contributed by atoms with Crippen LogP contribution in [0, 0.1) is 65.1 Å². The van der Waals surface area contributed by atoms with Crippen molar-refractivity contribution in [2.45, 2.75) is 295 Å². The van der Waals surface area contributed by atoms with Crippen molar-refractivity contribution in [2.75, 3.05) is 93.8 Å². The molecule has 0 aliphatic carbocycles. The highest BCUT2D eigenvalue weighted by Crippen LogP contribution is 2.30. The molecule has 0 aromatic rings. The summed E-state index contributed by atoms with van der Waals surface area (Å²) >= 11 is 0. The fourth-order valence-electron chi connectivity index (χ4n) is 15.0. The van der Waals surface area contributed by atoms with Crippen molar-refractivity contribution in [3.8, 4) is 0 Å². The predicted octanol–water partition coefficient (Wildman–Crippen LogP) is 10.7. The molecule has 0 bridgehead atoms. The summed E-state index contributed by atoms with van der Waals surface area (Å²) in [5, 5.41) is 17.6. The zero-order valence-electron chi connectivity index (χ0n) is 69.6. The van der Waals surface area contributed by atoms with E-state index in [4.69, 9.17) is 9.47 Å². The molecule has 0 aromatic carbocycles. The maximum atomic E-state index is 15.0. The first-order valence-corrected chi connectivity index (χ1v) is 40.5. The number of hydrogen-bond donors (Lipinski definition) is 3. The summed E-state index contributed by atoms with van der Waals surface area (Å²) in [5.41, 5.74) is 0. The SMILES string of the molecule is C/C=C/C[C@@H](C)[C@@H](O)[C@@H]1CC(=O)[C@H](C(C)C)N(C)C(=O)[C@H](CC(C)C)CC(=O)[C@H](CC(C)C)N(C)CC(=O)[C@@H](C)NC(=O)[C@H](C)CC(=O)[C@H](CC(C)C)N(C)C(=O)[C@H](C(C)C)CC(=O)[C@H]([C@@H](C)OCCCCN2CCOCC2)N(C)C(=O)CCC(=O)[C@H](CC)NC1=O.CC(C)CCCCN1CCCCC1. The first kappa shape index (κ1) is 95.9. The van der Waals surface area contributed by atoms with Gasteiger partial charge in [-0.3, -0.25) is 62.5 Å². The van der Waals surface area contributed by atoms with E-state index in [1.165, 1.54) is 94.0 Å². The number of ketones is 6. The van der Waals surface area contributed by atoms with Gasteiger partial charge in [0, 0.05) is 97.1 Å².